The fourth-order valence-electron chi connectivity index (χ4n) is 2.80. The summed E-state index contributed by atoms with van der Waals surface area (Å²) in [7, 11) is 0. The van der Waals surface area contributed by atoms with E-state index in [0.717, 1.165) is 18.6 Å². The number of benzene rings is 1. The maximum Gasteiger partial charge on any atom is 0.254 e. The molecule has 0 bridgehead atoms. The standard InChI is InChI=1S/C16H23NO3/c1-2-20-15-9-7-13(8-10-15)16(19)17(11-12-18)14-5-3-4-6-14/h7-10,14,18H,2-6,11-12H2,1H3. The Morgan fingerprint density at radius 2 is 1.95 bits per heavy atom. The monoisotopic (exact) mass is 277 g/mol. The van der Waals surface area contributed by atoms with Gasteiger partial charge in [0.2, 0.25) is 0 Å². The van der Waals surface area contributed by atoms with Crippen molar-refractivity contribution in [3.63, 3.8) is 0 Å². The summed E-state index contributed by atoms with van der Waals surface area (Å²) in [4.78, 5) is 14.4. The van der Waals surface area contributed by atoms with E-state index in [1.165, 1.54) is 12.8 Å². The van der Waals surface area contributed by atoms with E-state index in [0.29, 0.717) is 18.7 Å². The summed E-state index contributed by atoms with van der Waals surface area (Å²) in [6.07, 6.45) is 4.43. The lowest BCUT2D eigenvalue weighted by Crippen LogP contribution is -2.40. The van der Waals surface area contributed by atoms with Crippen molar-refractivity contribution in [2.75, 3.05) is 19.8 Å². The molecule has 0 saturated heterocycles. The van der Waals surface area contributed by atoms with Crippen molar-refractivity contribution < 1.29 is 14.6 Å². The first-order chi connectivity index (χ1) is 9.76. The summed E-state index contributed by atoms with van der Waals surface area (Å²) < 4.78 is 5.38. The first-order valence-electron chi connectivity index (χ1n) is 7.41. The Hall–Kier alpha value is -1.55. The van der Waals surface area contributed by atoms with Gasteiger partial charge in [0, 0.05) is 18.2 Å². The molecule has 0 atom stereocenters. The van der Waals surface area contributed by atoms with Gasteiger partial charge >= 0.3 is 0 Å². The van der Waals surface area contributed by atoms with Crippen LogP contribution in [0, 0.1) is 0 Å². The largest absolute Gasteiger partial charge is 0.494 e. The van der Waals surface area contributed by atoms with Gasteiger partial charge in [-0.15, -0.1) is 0 Å². The van der Waals surface area contributed by atoms with Gasteiger partial charge in [-0.3, -0.25) is 4.79 Å². The van der Waals surface area contributed by atoms with Gasteiger partial charge in [0.15, 0.2) is 0 Å². The normalized spacial score (nSPS) is 15.3. The van der Waals surface area contributed by atoms with Crippen molar-refractivity contribution in [1.82, 2.24) is 4.90 Å². The van der Waals surface area contributed by atoms with Crippen LogP contribution in [0.3, 0.4) is 0 Å². The molecule has 4 nitrogen and oxygen atoms in total. The van der Waals surface area contributed by atoms with Crippen molar-refractivity contribution >= 4 is 5.91 Å². The molecular weight excluding hydrogens is 254 g/mol. The zero-order valence-corrected chi connectivity index (χ0v) is 12.0. The second-order valence-corrected chi connectivity index (χ2v) is 5.12. The lowest BCUT2D eigenvalue weighted by atomic mass is 10.1. The van der Waals surface area contributed by atoms with Crippen molar-refractivity contribution in [1.29, 1.82) is 0 Å². The zero-order chi connectivity index (χ0) is 14.4. The lowest BCUT2D eigenvalue weighted by molar-refractivity contribution is 0.0638. The Kier molecular flexibility index (Phi) is 5.41. The van der Waals surface area contributed by atoms with Crippen molar-refractivity contribution in [3.05, 3.63) is 29.8 Å². The van der Waals surface area contributed by atoms with Gasteiger partial charge in [-0.2, -0.15) is 0 Å². The molecule has 20 heavy (non-hydrogen) atoms. The molecule has 0 heterocycles. The molecule has 1 fully saturated rings. The van der Waals surface area contributed by atoms with Gasteiger partial charge < -0.3 is 14.7 Å². The molecule has 110 valence electrons. The SMILES string of the molecule is CCOc1ccc(C(=O)N(CCO)C2CCCC2)cc1. The minimum atomic E-state index is 0.00833. The third-order valence-electron chi connectivity index (χ3n) is 3.78. The third kappa shape index (κ3) is 3.51. The summed E-state index contributed by atoms with van der Waals surface area (Å²) in [5.74, 6) is 0.785. The van der Waals surface area contributed by atoms with E-state index in [1.54, 1.807) is 12.1 Å². The highest BCUT2D eigenvalue weighted by Crippen LogP contribution is 2.25. The van der Waals surface area contributed by atoms with Crippen molar-refractivity contribution in [2.24, 2.45) is 0 Å². The van der Waals surface area contributed by atoms with E-state index in [2.05, 4.69) is 0 Å². The van der Waals surface area contributed by atoms with Crippen LogP contribution in [0.4, 0.5) is 0 Å². The van der Waals surface area contributed by atoms with Crippen molar-refractivity contribution in [2.45, 2.75) is 38.6 Å². The number of aliphatic hydroxyl groups excluding tert-OH is 1. The molecule has 1 N–H and O–H groups in total. The smallest absolute Gasteiger partial charge is 0.254 e. The van der Waals surface area contributed by atoms with Crippen LogP contribution in [-0.2, 0) is 0 Å². The van der Waals surface area contributed by atoms with Crippen LogP contribution in [0.5, 0.6) is 5.75 Å². The van der Waals surface area contributed by atoms with Gasteiger partial charge in [-0.25, -0.2) is 0 Å². The first kappa shape index (κ1) is 14.9. The molecule has 2 rings (SSSR count). The summed E-state index contributed by atoms with van der Waals surface area (Å²) in [6, 6.07) is 7.52. The summed E-state index contributed by atoms with van der Waals surface area (Å²) in [5.41, 5.74) is 0.661. The fourth-order valence-corrected chi connectivity index (χ4v) is 2.80. The highest BCUT2D eigenvalue weighted by atomic mass is 16.5. The van der Waals surface area contributed by atoms with Crippen molar-refractivity contribution in [3.8, 4) is 5.75 Å². The highest BCUT2D eigenvalue weighted by Gasteiger charge is 2.26. The van der Waals surface area contributed by atoms with Gasteiger partial charge in [-0.05, 0) is 44.0 Å². The van der Waals surface area contributed by atoms with Crippen LogP contribution in [0.15, 0.2) is 24.3 Å². The average molecular weight is 277 g/mol. The molecular formula is C16H23NO3. The molecule has 1 aliphatic carbocycles. The fraction of sp³-hybridized carbons (Fsp3) is 0.562. The number of aliphatic hydroxyl groups is 1. The number of nitrogens with zero attached hydrogens (tertiary/aromatic N) is 1. The molecule has 4 heteroatoms. The van der Waals surface area contributed by atoms with Crippen LogP contribution >= 0.6 is 0 Å². The minimum absolute atomic E-state index is 0.00833. The Balaban J connectivity index is 2.09. The number of carbonyl (C=O) groups excluding carboxylic acids is 1. The van der Waals surface area contributed by atoms with E-state index in [1.807, 2.05) is 24.0 Å². The molecule has 1 aromatic rings. The molecule has 0 radical (unpaired) electrons. The maximum atomic E-state index is 12.6. The van der Waals surface area contributed by atoms with Gasteiger partial charge in [0.1, 0.15) is 5.75 Å². The number of ether oxygens (including phenoxy) is 1. The predicted molar refractivity (Wildman–Crippen MR) is 78.0 cm³/mol. The lowest BCUT2D eigenvalue weighted by Gasteiger charge is -2.28. The first-order valence-corrected chi connectivity index (χ1v) is 7.41. The Morgan fingerprint density at radius 1 is 1.30 bits per heavy atom. The number of hydrogen-bond donors (Lipinski definition) is 1. The van der Waals surface area contributed by atoms with Crippen LogP contribution < -0.4 is 4.74 Å². The number of amides is 1. The van der Waals surface area contributed by atoms with Crippen LogP contribution in [-0.4, -0.2) is 41.7 Å². The average Bonchev–Trinajstić information content (AvgIpc) is 2.99. The molecule has 0 unspecified atom stereocenters. The predicted octanol–water partition coefficient (Wildman–Crippen LogP) is 2.46. The Morgan fingerprint density at radius 3 is 2.50 bits per heavy atom. The molecule has 0 aromatic heterocycles. The number of hydrogen-bond acceptors (Lipinski definition) is 3. The zero-order valence-electron chi connectivity index (χ0n) is 12.0. The van der Waals surface area contributed by atoms with Gasteiger partial charge in [0.05, 0.1) is 13.2 Å². The summed E-state index contributed by atoms with van der Waals surface area (Å²) >= 11 is 0. The molecule has 0 spiro atoms. The van der Waals surface area contributed by atoms with E-state index in [-0.39, 0.29) is 18.6 Å². The van der Waals surface area contributed by atoms with E-state index in [9.17, 15) is 9.90 Å². The summed E-state index contributed by atoms with van der Waals surface area (Å²) in [5, 5.41) is 9.19. The van der Waals surface area contributed by atoms with E-state index < -0.39 is 0 Å². The van der Waals surface area contributed by atoms with E-state index in [4.69, 9.17) is 4.74 Å². The van der Waals surface area contributed by atoms with Crippen LogP contribution in [0.2, 0.25) is 0 Å². The third-order valence-corrected chi connectivity index (χ3v) is 3.78. The van der Waals surface area contributed by atoms with Crippen LogP contribution in [0.1, 0.15) is 43.0 Å². The minimum Gasteiger partial charge on any atom is -0.494 e. The molecule has 0 aliphatic heterocycles. The number of carbonyl (C=O) groups is 1. The second kappa shape index (κ2) is 7.29. The number of rotatable bonds is 6. The highest BCUT2D eigenvalue weighted by molar-refractivity contribution is 5.94. The maximum absolute atomic E-state index is 12.6. The second-order valence-electron chi connectivity index (χ2n) is 5.12. The quantitative estimate of drug-likeness (QED) is 0.869. The Labute approximate surface area is 120 Å². The van der Waals surface area contributed by atoms with Gasteiger partial charge in [0.25, 0.3) is 5.91 Å². The molecule has 1 aliphatic rings. The summed E-state index contributed by atoms with van der Waals surface area (Å²) in [6.45, 7) is 2.98. The van der Waals surface area contributed by atoms with Gasteiger partial charge in [-0.1, -0.05) is 12.8 Å². The van der Waals surface area contributed by atoms with E-state index >= 15 is 0 Å². The topological polar surface area (TPSA) is 49.8 Å². The molecule has 1 saturated carbocycles. The Bertz CT molecular complexity index is 424. The molecule has 1 amide bonds. The molecule has 1 aromatic carbocycles. The van der Waals surface area contributed by atoms with Crippen LogP contribution in [0.25, 0.3) is 0 Å².